The molecule has 2 atom stereocenters. The van der Waals surface area contributed by atoms with Gasteiger partial charge in [-0.2, -0.15) is 0 Å². The third kappa shape index (κ3) is 4.13. The van der Waals surface area contributed by atoms with E-state index in [1.165, 1.54) is 0 Å². The van der Waals surface area contributed by atoms with Gasteiger partial charge < -0.3 is 9.74 Å². The van der Waals surface area contributed by atoms with Crippen molar-refractivity contribution in [3.63, 3.8) is 0 Å². The van der Waals surface area contributed by atoms with E-state index in [9.17, 15) is 14.0 Å². The number of benzene rings is 2. The molecule has 2 heterocycles. The number of nitrogens with zero attached hydrogens (tertiary/aromatic N) is 2. The molecule has 2 aliphatic heterocycles. The molecule has 5 rings (SSSR count). The van der Waals surface area contributed by atoms with Crippen LogP contribution in [0.4, 0.5) is 4.39 Å². The van der Waals surface area contributed by atoms with Crippen molar-refractivity contribution in [2.75, 3.05) is 6.54 Å². The Hall–Kier alpha value is -2.73. The highest BCUT2D eigenvalue weighted by molar-refractivity contribution is 6.30. The molecule has 34 heavy (non-hydrogen) atoms. The van der Waals surface area contributed by atoms with Gasteiger partial charge in [0.1, 0.15) is 5.82 Å². The number of oxime groups is 1. The molecule has 0 radical (unpaired) electrons. The van der Waals surface area contributed by atoms with E-state index in [1.807, 2.05) is 30.9 Å². The van der Waals surface area contributed by atoms with Crippen molar-refractivity contribution in [2.24, 2.45) is 11.1 Å². The zero-order valence-electron chi connectivity index (χ0n) is 19.7. The fourth-order valence-corrected chi connectivity index (χ4v) is 5.41. The Labute approximate surface area is 203 Å². The van der Waals surface area contributed by atoms with Crippen LogP contribution < -0.4 is 0 Å². The Morgan fingerprint density at radius 1 is 1.24 bits per heavy atom. The van der Waals surface area contributed by atoms with Crippen LogP contribution >= 0.6 is 11.6 Å². The highest BCUT2D eigenvalue weighted by atomic mass is 35.5. The Morgan fingerprint density at radius 3 is 2.71 bits per heavy atom. The number of hydrogen-bond donors (Lipinski definition) is 0. The summed E-state index contributed by atoms with van der Waals surface area (Å²) >= 11 is 6.05. The average molecular weight is 483 g/mol. The number of rotatable bonds is 6. The lowest BCUT2D eigenvalue weighted by Gasteiger charge is -2.23. The molecule has 7 heteroatoms. The second-order valence-corrected chi connectivity index (χ2v) is 10.5. The molecule has 0 bridgehead atoms. The molecule has 2 aromatic rings. The van der Waals surface area contributed by atoms with Gasteiger partial charge in [0.05, 0.1) is 10.7 Å². The molecular weight excluding hydrogens is 455 g/mol. The predicted octanol–water partition coefficient (Wildman–Crippen LogP) is 5.72. The number of aryl methyl sites for hydroxylation is 2. The molecule has 2 fully saturated rings. The second-order valence-electron chi connectivity index (χ2n) is 10.1. The van der Waals surface area contributed by atoms with Gasteiger partial charge in [0.25, 0.3) is 0 Å². The summed E-state index contributed by atoms with van der Waals surface area (Å²) in [5, 5.41) is 4.31. The summed E-state index contributed by atoms with van der Waals surface area (Å²) in [5.41, 5.74) is 3.23. The SMILES string of the molecule is Cc1cc(Cl)c(F)c(C2(C)CC(c3ccc(C(=O)CC4CCN(C5CC5)C4=O)c(C)c3)=NO2)c1. The fourth-order valence-electron chi connectivity index (χ4n) is 5.14. The van der Waals surface area contributed by atoms with Crippen LogP contribution in [0.5, 0.6) is 0 Å². The zero-order chi connectivity index (χ0) is 24.2. The topological polar surface area (TPSA) is 59.0 Å². The quantitative estimate of drug-likeness (QED) is 0.495. The predicted molar refractivity (Wildman–Crippen MR) is 129 cm³/mol. The number of likely N-dealkylation sites (tertiary alicyclic amines) is 1. The van der Waals surface area contributed by atoms with Gasteiger partial charge in [-0.1, -0.05) is 28.9 Å². The maximum atomic E-state index is 14.8. The Kier molecular flexibility index (Phi) is 5.75. The van der Waals surface area contributed by atoms with Crippen molar-refractivity contribution in [3.8, 4) is 0 Å². The van der Waals surface area contributed by atoms with E-state index in [0.717, 1.165) is 42.5 Å². The molecule has 2 aromatic carbocycles. The molecule has 1 saturated heterocycles. The first-order chi connectivity index (χ1) is 16.2. The van der Waals surface area contributed by atoms with Gasteiger partial charge in [-0.3, -0.25) is 9.59 Å². The van der Waals surface area contributed by atoms with Crippen LogP contribution in [0.15, 0.2) is 35.5 Å². The van der Waals surface area contributed by atoms with E-state index in [-0.39, 0.29) is 29.1 Å². The van der Waals surface area contributed by atoms with Gasteiger partial charge in [-0.25, -0.2) is 4.39 Å². The van der Waals surface area contributed by atoms with E-state index in [2.05, 4.69) is 5.16 Å². The first-order valence-electron chi connectivity index (χ1n) is 11.8. The minimum absolute atomic E-state index is 0.00836. The van der Waals surface area contributed by atoms with Crippen molar-refractivity contribution in [2.45, 2.75) is 64.5 Å². The molecule has 3 aliphatic rings. The minimum Gasteiger partial charge on any atom is -0.384 e. The number of ketones is 1. The van der Waals surface area contributed by atoms with E-state index in [1.54, 1.807) is 25.1 Å². The van der Waals surface area contributed by atoms with Crippen LogP contribution in [-0.2, 0) is 15.2 Å². The zero-order valence-corrected chi connectivity index (χ0v) is 20.4. The Bertz CT molecular complexity index is 1220. The van der Waals surface area contributed by atoms with Crippen LogP contribution in [0.25, 0.3) is 0 Å². The summed E-state index contributed by atoms with van der Waals surface area (Å²) in [5.74, 6) is -0.585. The first-order valence-corrected chi connectivity index (χ1v) is 12.2. The molecule has 0 aromatic heterocycles. The van der Waals surface area contributed by atoms with E-state index in [0.29, 0.717) is 29.3 Å². The standard InChI is InChI=1S/C27H28ClFN2O3/c1-15-10-21(25(29)22(28)11-15)27(3)14-23(30-34-27)17-4-7-20(16(2)12-17)24(32)13-18-8-9-31(26(18)33)19-5-6-19/h4,7,10-12,18-19H,5-6,8-9,13-14H2,1-3H3. The van der Waals surface area contributed by atoms with Gasteiger partial charge >= 0.3 is 0 Å². The molecule has 2 unspecified atom stereocenters. The number of amides is 1. The van der Waals surface area contributed by atoms with Gasteiger partial charge in [-0.15, -0.1) is 0 Å². The lowest BCUT2D eigenvalue weighted by atomic mass is 9.87. The van der Waals surface area contributed by atoms with Crippen LogP contribution in [0.2, 0.25) is 5.02 Å². The average Bonchev–Trinajstić information content (AvgIpc) is 3.46. The Balaban J connectivity index is 1.30. The number of Topliss-reactive ketones (excluding diaryl/α,β-unsaturated/α-hetero) is 1. The molecule has 1 saturated carbocycles. The largest absolute Gasteiger partial charge is 0.384 e. The number of carbonyl (C=O) groups is 2. The minimum atomic E-state index is -0.965. The van der Waals surface area contributed by atoms with E-state index < -0.39 is 11.4 Å². The summed E-state index contributed by atoms with van der Waals surface area (Å²) in [6.07, 6.45) is 3.55. The third-order valence-electron chi connectivity index (χ3n) is 7.23. The molecule has 178 valence electrons. The van der Waals surface area contributed by atoms with Crippen LogP contribution in [0.1, 0.15) is 71.6 Å². The van der Waals surface area contributed by atoms with Crippen molar-refractivity contribution in [1.29, 1.82) is 0 Å². The molecule has 0 N–H and O–H groups in total. The molecule has 5 nitrogen and oxygen atoms in total. The highest BCUT2D eigenvalue weighted by Gasteiger charge is 2.42. The maximum absolute atomic E-state index is 14.8. The van der Waals surface area contributed by atoms with Crippen molar-refractivity contribution in [3.05, 3.63) is 69.0 Å². The van der Waals surface area contributed by atoms with Crippen LogP contribution in [-0.4, -0.2) is 34.9 Å². The number of carbonyl (C=O) groups excluding carboxylic acids is 2. The normalized spacial score (nSPS) is 24.4. The van der Waals surface area contributed by atoms with Crippen LogP contribution in [0.3, 0.4) is 0 Å². The number of halogens is 2. The lowest BCUT2D eigenvalue weighted by Crippen LogP contribution is -2.30. The van der Waals surface area contributed by atoms with E-state index in [4.69, 9.17) is 16.4 Å². The van der Waals surface area contributed by atoms with E-state index >= 15 is 0 Å². The maximum Gasteiger partial charge on any atom is 0.226 e. The van der Waals surface area contributed by atoms with Gasteiger partial charge in [0.2, 0.25) is 5.91 Å². The van der Waals surface area contributed by atoms with Gasteiger partial charge in [0, 0.05) is 42.5 Å². The summed E-state index contributed by atoms with van der Waals surface area (Å²) < 4.78 is 14.8. The lowest BCUT2D eigenvalue weighted by molar-refractivity contribution is -0.131. The third-order valence-corrected chi connectivity index (χ3v) is 7.51. The monoisotopic (exact) mass is 482 g/mol. The first kappa shape index (κ1) is 23.0. The van der Waals surface area contributed by atoms with Gasteiger partial charge in [0.15, 0.2) is 11.4 Å². The fraction of sp³-hybridized carbons (Fsp3) is 0.444. The Morgan fingerprint density at radius 2 is 2.00 bits per heavy atom. The summed E-state index contributed by atoms with van der Waals surface area (Å²) in [7, 11) is 0. The highest BCUT2D eigenvalue weighted by Crippen LogP contribution is 2.40. The summed E-state index contributed by atoms with van der Waals surface area (Å²) in [6.45, 7) is 6.31. The smallest absolute Gasteiger partial charge is 0.226 e. The molecule has 0 spiro atoms. The molecule has 1 aliphatic carbocycles. The number of hydrogen-bond acceptors (Lipinski definition) is 4. The molecular formula is C27H28ClFN2O3. The summed E-state index contributed by atoms with van der Waals surface area (Å²) in [6, 6.07) is 9.28. The molecule has 1 amide bonds. The van der Waals surface area contributed by atoms with Crippen molar-refractivity contribution in [1.82, 2.24) is 4.90 Å². The summed E-state index contributed by atoms with van der Waals surface area (Å²) in [4.78, 5) is 33.3. The second kappa shape index (κ2) is 8.49. The van der Waals surface area contributed by atoms with Crippen LogP contribution in [0, 0.1) is 25.6 Å². The van der Waals surface area contributed by atoms with Gasteiger partial charge in [-0.05, 0) is 74.9 Å². The van der Waals surface area contributed by atoms with Crippen molar-refractivity contribution < 1.29 is 18.8 Å². The van der Waals surface area contributed by atoms with Crippen molar-refractivity contribution >= 4 is 29.0 Å².